The van der Waals surface area contributed by atoms with E-state index < -0.39 is 0 Å². The third-order valence-corrected chi connectivity index (χ3v) is 4.13. The van der Waals surface area contributed by atoms with Gasteiger partial charge in [-0.3, -0.25) is 0 Å². The fraction of sp³-hybridized carbons (Fsp3) is 0.412. The molecule has 1 fully saturated rings. The average Bonchev–Trinajstić information content (AvgIpc) is 3.14. The molecule has 1 aliphatic carbocycles. The van der Waals surface area contributed by atoms with Gasteiger partial charge in [0.2, 0.25) is 5.89 Å². The van der Waals surface area contributed by atoms with Gasteiger partial charge >= 0.3 is 6.03 Å². The van der Waals surface area contributed by atoms with Gasteiger partial charge in [0.1, 0.15) is 5.76 Å². The lowest BCUT2D eigenvalue weighted by molar-refractivity contribution is 0.133. The zero-order chi connectivity index (χ0) is 16.2. The highest BCUT2D eigenvalue weighted by molar-refractivity contribution is 5.89. The van der Waals surface area contributed by atoms with E-state index in [2.05, 4.69) is 15.6 Å². The van der Waals surface area contributed by atoms with Crippen molar-refractivity contribution in [2.24, 2.45) is 5.92 Å². The lowest BCUT2D eigenvalue weighted by Gasteiger charge is -2.15. The summed E-state index contributed by atoms with van der Waals surface area (Å²) in [4.78, 5) is 16.2. The van der Waals surface area contributed by atoms with Crippen LogP contribution in [0, 0.1) is 12.8 Å². The Hall–Kier alpha value is -2.34. The molecule has 23 heavy (non-hydrogen) atoms. The zero-order valence-corrected chi connectivity index (χ0v) is 13.1. The maximum absolute atomic E-state index is 12.0. The molecule has 1 aromatic carbocycles. The Balaban J connectivity index is 1.58. The molecular formula is C17H21N3O3. The third-order valence-electron chi connectivity index (χ3n) is 4.13. The maximum Gasteiger partial charge on any atom is 0.319 e. The molecule has 3 N–H and O–H groups in total. The van der Waals surface area contributed by atoms with Crippen LogP contribution in [0.4, 0.5) is 10.5 Å². The summed E-state index contributed by atoms with van der Waals surface area (Å²) in [5.74, 6) is 1.43. The number of aliphatic hydroxyl groups is 1. The highest BCUT2D eigenvalue weighted by Gasteiger charge is 2.25. The van der Waals surface area contributed by atoms with E-state index in [0.29, 0.717) is 18.1 Å². The van der Waals surface area contributed by atoms with Crippen molar-refractivity contribution in [3.8, 4) is 11.5 Å². The standard InChI is InChI=1S/C17H21N3O3/c1-11-9-18-16(23-11)12-4-2-6-14(8-12)20-17(22)19-10-13-5-3-7-15(13)21/h2,4,6,8-9,13,15,21H,3,5,7,10H2,1H3,(H2,19,20,22)/t13-,15+/m0/s1. The highest BCUT2D eigenvalue weighted by atomic mass is 16.4. The Kier molecular flexibility index (Phi) is 4.62. The van der Waals surface area contributed by atoms with E-state index in [1.54, 1.807) is 6.20 Å². The largest absolute Gasteiger partial charge is 0.441 e. The van der Waals surface area contributed by atoms with Crippen molar-refractivity contribution >= 4 is 11.7 Å². The number of amides is 2. The molecule has 0 spiro atoms. The number of benzene rings is 1. The van der Waals surface area contributed by atoms with Gasteiger partial charge in [-0.2, -0.15) is 0 Å². The van der Waals surface area contributed by atoms with Crippen LogP contribution < -0.4 is 10.6 Å². The number of nitrogens with zero attached hydrogens (tertiary/aromatic N) is 1. The summed E-state index contributed by atoms with van der Waals surface area (Å²) in [6, 6.07) is 7.07. The summed E-state index contributed by atoms with van der Waals surface area (Å²) in [7, 11) is 0. The molecule has 0 aliphatic heterocycles. The number of nitrogens with one attached hydrogen (secondary N) is 2. The van der Waals surface area contributed by atoms with Gasteiger partial charge in [-0.05, 0) is 38.0 Å². The molecule has 1 aliphatic rings. The van der Waals surface area contributed by atoms with E-state index in [9.17, 15) is 9.90 Å². The van der Waals surface area contributed by atoms with Crippen molar-refractivity contribution in [1.82, 2.24) is 10.3 Å². The summed E-state index contributed by atoms with van der Waals surface area (Å²) in [5.41, 5.74) is 1.48. The number of oxazole rings is 1. The molecule has 1 saturated carbocycles. The third kappa shape index (κ3) is 3.90. The Labute approximate surface area is 134 Å². The van der Waals surface area contributed by atoms with Crippen LogP contribution in [0.5, 0.6) is 0 Å². The van der Waals surface area contributed by atoms with Gasteiger partial charge in [0, 0.05) is 23.7 Å². The van der Waals surface area contributed by atoms with Crippen molar-refractivity contribution < 1.29 is 14.3 Å². The first-order valence-electron chi connectivity index (χ1n) is 7.87. The minimum atomic E-state index is -0.299. The van der Waals surface area contributed by atoms with Crippen LogP contribution in [-0.2, 0) is 0 Å². The van der Waals surface area contributed by atoms with Crippen LogP contribution in [0.2, 0.25) is 0 Å². The van der Waals surface area contributed by atoms with E-state index in [1.807, 2.05) is 31.2 Å². The number of hydrogen-bond acceptors (Lipinski definition) is 4. The summed E-state index contributed by atoms with van der Waals surface area (Å²) in [6.45, 7) is 2.33. The van der Waals surface area contributed by atoms with Crippen molar-refractivity contribution in [2.75, 3.05) is 11.9 Å². The van der Waals surface area contributed by atoms with E-state index in [-0.39, 0.29) is 18.1 Å². The van der Waals surface area contributed by atoms with Gasteiger partial charge in [0.25, 0.3) is 0 Å². The molecule has 2 aromatic rings. The number of carbonyl (C=O) groups is 1. The van der Waals surface area contributed by atoms with Crippen molar-refractivity contribution in [2.45, 2.75) is 32.3 Å². The molecular weight excluding hydrogens is 294 g/mol. The quantitative estimate of drug-likeness (QED) is 0.809. The molecule has 1 aromatic heterocycles. The first kappa shape index (κ1) is 15.6. The molecule has 0 bridgehead atoms. The van der Waals surface area contributed by atoms with Crippen LogP contribution in [0.3, 0.4) is 0 Å². The normalized spacial score (nSPS) is 20.4. The summed E-state index contributed by atoms with van der Waals surface area (Å²) in [6.07, 6.45) is 4.17. The fourth-order valence-corrected chi connectivity index (χ4v) is 2.87. The predicted molar refractivity (Wildman–Crippen MR) is 87.0 cm³/mol. The molecule has 0 saturated heterocycles. The number of hydrogen-bond donors (Lipinski definition) is 3. The summed E-state index contributed by atoms with van der Waals surface area (Å²) in [5, 5.41) is 15.4. The number of aromatic nitrogens is 1. The lowest BCUT2D eigenvalue weighted by Crippen LogP contribution is -2.35. The van der Waals surface area contributed by atoms with Gasteiger partial charge < -0.3 is 20.2 Å². The van der Waals surface area contributed by atoms with E-state index in [1.165, 1.54) is 0 Å². The van der Waals surface area contributed by atoms with Crippen LogP contribution in [0.1, 0.15) is 25.0 Å². The van der Waals surface area contributed by atoms with Crippen molar-refractivity contribution in [1.29, 1.82) is 0 Å². The van der Waals surface area contributed by atoms with Crippen LogP contribution >= 0.6 is 0 Å². The predicted octanol–water partition coefficient (Wildman–Crippen LogP) is 2.93. The number of anilines is 1. The van der Waals surface area contributed by atoms with E-state index >= 15 is 0 Å². The molecule has 6 heteroatoms. The SMILES string of the molecule is Cc1cnc(-c2cccc(NC(=O)NC[C@@H]3CCC[C@H]3O)c2)o1. The summed E-state index contributed by atoms with van der Waals surface area (Å²) >= 11 is 0. The Morgan fingerprint density at radius 2 is 2.30 bits per heavy atom. The van der Waals surface area contributed by atoms with Crippen LogP contribution in [-0.4, -0.2) is 28.8 Å². The fourth-order valence-electron chi connectivity index (χ4n) is 2.87. The molecule has 0 radical (unpaired) electrons. The number of aryl methyl sites for hydroxylation is 1. The second-order valence-electron chi connectivity index (χ2n) is 5.95. The van der Waals surface area contributed by atoms with Crippen LogP contribution in [0.25, 0.3) is 11.5 Å². The minimum absolute atomic E-state index is 0.155. The second kappa shape index (κ2) is 6.83. The monoisotopic (exact) mass is 315 g/mol. The van der Waals surface area contributed by atoms with Gasteiger partial charge in [-0.1, -0.05) is 12.5 Å². The van der Waals surface area contributed by atoms with E-state index in [4.69, 9.17) is 4.42 Å². The summed E-state index contributed by atoms with van der Waals surface area (Å²) < 4.78 is 5.49. The van der Waals surface area contributed by atoms with Crippen molar-refractivity contribution in [3.05, 3.63) is 36.2 Å². The molecule has 0 unspecified atom stereocenters. The molecule has 122 valence electrons. The zero-order valence-electron chi connectivity index (χ0n) is 13.1. The van der Waals surface area contributed by atoms with Crippen LogP contribution in [0.15, 0.2) is 34.9 Å². The highest BCUT2D eigenvalue weighted by Crippen LogP contribution is 2.25. The second-order valence-corrected chi connectivity index (χ2v) is 5.95. The Morgan fingerprint density at radius 3 is 3.00 bits per heavy atom. The minimum Gasteiger partial charge on any atom is -0.441 e. The average molecular weight is 315 g/mol. The Bertz CT molecular complexity index is 683. The molecule has 6 nitrogen and oxygen atoms in total. The van der Waals surface area contributed by atoms with E-state index in [0.717, 1.165) is 30.6 Å². The van der Waals surface area contributed by atoms with Gasteiger partial charge in [-0.25, -0.2) is 9.78 Å². The number of carbonyl (C=O) groups excluding carboxylic acids is 1. The molecule has 2 atom stereocenters. The van der Waals surface area contributed by atoms with Gasteiger partial charge in [0.05, 0.1) is 12.3 Å². The van der Waals surface area contributed by atoms with Gasteiger partial charge in [0.15, 0.2) is 0 Å². The first-order chi connectivity index (χ1) is 11.1. The van der Waals surface area contributed by atoms with Gasteiger partial charge in [-0.15, -0.1) is 0 Å². The number of aliphatic hydroxyl groups excluding tert-OH is 1. The number of urea groups is 1. The Morgan fingerprint density at radius 1 is 1.43 bits per heavy atom. The first-order valence-corrected chi connectivity index (χ1v) is 7.87. The molecule has 2 amide bonds. The topological polar surface area (TPSA) is 87.4 Å². The maximum atomic E-state index is 12.0. The number of rotatable bonds is 4. The molecule has 3 rings (SSSR count). The lowest BCUT2D eigenvalue weighted by atomic mass is 10.1. The smallest absolute Gasteiger partial charge is 0.319 e. The molecule has 1 heterocycles. The van der Waals surface area contributed by atoms with Crippen molar-refractivity contribution in [3.63, 3.8) is 0 Å².